The lowest BCUT2D eigenvalue weighted by molar-refractivity contribution is -0.142. The van der Waals surface area contributed by atoms with Crippen LogP contribution in [0, 0.1) is 18.3 Å². The highest BCUT2D eigenvalue weighted by molar-refractivity contribution is 7.98. The molecule has 7 heteroatoms. The zero-order chi connectivity index (χ0) is 31.2. The number of thioether (sulfide) groups is 1. The van der Waals surface area contributed by atoms with Crippen LogP contribution in [0.2, 0.25) is 0 Å². The molecule has 0 aromatic heterocycles. The summed E-state index contributed by atoms with van der Waals surface area (Å²) in [4.78, 5) is 26.0. The SMILES string of the molecule is COC(=O)[C@H](CCSC)NC(=O)c1ccc(COC(COCCC(C)(C)C)CC2CCCCC2)cc1-c1ccccc1C. The van der Waals surface area contributed by atoms with Crippen LogP contribution < -0.4 is 5.32 Å². The third-order valence-electron chi connectivity index (χ3n) is 8.27. The highest BCUT2D eigenvalue weighted by Gasteiger charge is 2.25. The zero-order valence-corrected chi connectivity index (χ0v) is 28.0. The maximum atomic E-state index is 13.6. The van der Waals surface area contributed by atoms with Gasteiger partial charge in [-0.15, -0.1) is 0 Å². The average molecular weight is 612 g/mol. The molecule has 0 heterocycles. The number of carbonyl (C=O) groups is 2. The molecular formula is C36H53NO5S. The molecule has 1 saturated carbocycles. The predicted molar refractivity (Wildman–Crippen MR) is 178 cm³/mol. The number of methoxy groups -OCH3 is 1. The van der Waals surface area contributed by atoms with Crippen molar-refractivity contribution in [3.05, 3.63) is 59.2 Å². The van der Waals surface area contributed by atoms with Crippen molar-refractivity contribution in [3.8, 4) is 11.1 Å². The largest absolute Gasteiger partial charge is 0.467 e. The molecule has 1 fully saturated rings. The number of nitrogens with one attached hydrogen (secondary N) is 1. The molecule has 0 spiro atoms. The molecule has 43 heavy (non-hydrogen) atoms. The van der Waals surface area contributed by atoms with E-state index in [1.807, 2.05) is 49.6 Å². The van der Waals surface area contributed by atoms with Crippen molar-refractivity contribution in [2.45, 2.75) is 97.8 Å². The van der Waals surface area contributed by atoms with Gasteiger partial charge in [-0.2, -0.15) is 11.8 Å². The molecule has 0 aliphatic heterocycles. The molecule has 1 unspecified atom stereocenters. The second kappa shape index (κ2) is 17.8. The second-order valence-corrected chi connectivity index (χ2v) is 14.1. The highest BCUT2D eigenvalue weighted by Crippen LogP contribution is 2.31. The van der Waals surface area contributed by atoms with Crippen molar-refractivity contribution in [1.82, 2.24) is 5.32 Å². The minimum absolute atomic E-state index is 0.0326. The molecule has 3 rings (SSSR count). The van der Waals surface area contributed by atoms with Crippen molar-refractivity contribution < 1.29 is 23.8 Å². The topological polar surface area (TPSA) is 73.9 Å². The Bertz CT molecular complexity index is 1150. The number of hydrogen-bond acceptors (Lipinski definition) is 6. The summed E-state index contributed by atoms with van der Waals surface area (Å²) >= 11 is 1.63. The van der Waals surface area contributed by atoms with Gasteiger partial charge < -0.3 is 19.5 Å². The maximum Gasteiger partial charge on any atom is 0.328 e. The molecule has 0 bridgehead atoms. The molecule has 1 amide bonds. The predicted octanol–water partition coefficient (Wildman–Crippen LogP) is 7.99. The number of benzene rings is 2. The van der Waals surface area contributed by atoms with Crippen molar-refractivity contribution in [2.24, 2.45) is 11.3 Å². The monoisotopic (exact) mass is 611 g/mol. The molecule has 1 N–H and O–H groups in total. The number of rotatable bonds is 16. The molecule has 1 aliphatic rings. The van der Waals surface area contributed by atoms with E-state index in [9.17, 15) is 9.59 Å². The van der Waals surface area contributed by atoms with E-state index in [-0.39, 0.29) is 17.4 Å². The normalized spacial score (nSPS) is 15.6. The van der Waals surface area contributed by atoms with Crippen molar-refractivity contribution in [3.63, 3.8) is 0 Å². The fourth-order valence-electron chi connectivity index (χ4n) is 5.63. The van der Waals surface area contributed by atoms with E-state index >= 15 is 0 Å². The lowest BCUT2D eigenvalue weighted by Crippen LogP contribution is -2.42. The van der Waals surface area contributed by atoms with Gasteiger partial charge in [0.15, 0.2) is 0 Å². The Kier molecular flexibility index (Phi) is 14.6. The first-order valence-corrected chi connectivity index (χ1v) is 17.3. The van der Waals surface area contributed by atoms with E-state index in [1.165, 1.54) is 39.2 Å². The Morgan fingerprint density at radius 2 is 1.79 bits per heavy atom. The van der Waals surface area contributed by atoms with E-state index in [2.05, 4.69) is 32.2 Å². The number of aryl methyl sites for hydroxylation is 1. The van der Waals surface area contributed by atoms with Crippen molar-refractivity contribution >= 4 is 23.6 Å². The summed E-state index contributed by atoms with van der Waals surface area (Å²) < 4.78 is 17.7. The molecule has 1 aliphatic carbocycles. The van der Waals surface area contributed by atoms with Gasteiger partial charge in [0.25, 0.3) is 5.91 Å². The van der Waals surface area contributed by atoms with Gasteiger partial charge in [0.05, 0.1) is 26.4 Å². The Labute approximate surface area is 264 Å². The number of hydrogen-bond donors (Lipinski definition) is 1. The van der Waals surface area contributed by atoms with Gasteiger partial charge in [0, 0.05) is 12.2 Å². The zero-order valence-electron chi connectivity index (χ0n) is 27.2. The minimum atomic E-state index is -0.698. The first kappa shape index (κ1) is 35.1. The maximum absolute atomic E-state index is 13.6. The summed E-state index contributed by atoms with van der Waals surface area (Å²) in [6.07, 6.45) is 11.0. The van der Waals surface area contributed by atoms with Gasteiger partial charge in [-0.1, -0.05) is 83.2 Å². The molecular weight excluding hydrogens is 558 g/mol. The average Bonchev–Trinajstić information content (AvgIpc) is 2.99. The fraction of sp³-hybridized carbons (Fsp3) is 0.611. The van der Waals surface area contributed by atoms with Gasteiger partial charge in [-0.05, 0) is 83.9 Å². The third-order valence-corrected chi connectivity index (χ3v) is 8.92. The lowest BCUT2D eigenvalue weighted by atomic mass is 9.85. The fourth-order valence-corrected chi connectivity index (χ4v) is 6.10. The van der Waals surface area contributed by atoms with E-state index in [4.69, 9.17) is 14.2 Å². The van der Waals surface area contributed by atoms with Crippen LogP contribution in [0.4, 0.5) is 0 Å². The standard InChI is InChI=1S/C36H53NO5S/c1-26-12-10-11-15-30(26)32-23-28(16-17-31(32)34(38)37-33(18-21-43-6)35(39)40-5)24-42-29(22-27-13-8-7-9-14-27)25-41-20-19-36(2,3)4/h10-12,15-17,23,27,29,33H,7-9,13-14,18-22,24-25H2,1-6H3,(H,37,38)/t29?,33-/m0/s1. The van der Waals surface area contributed by atoms with Gasteiger partial charge >= 0.3 is 5.97 Å². The van der Waals surface area contributed by atoms with Crippen LogP contribution in [0.1, 0.15) is 93.6 Å². The molecule has 2 aromatic carbocycles. The van der Waals surface area contributed by atoms with E-state index in [0.29, 0.717) is 31.1 Å². The second-order valence-electron chi connectivity index (χ2n) is 13.1. The van der Waals surface area contributed by atoms with Crippen LogP contribution in [0.15, 0.2) is 42.5 Å². The van der Waals surface area contributed by atoms with Gasteiger partial charge in [-0.25, -0.2) is 4.79 Å². The number of amides is 1. The first-order chi connectivity index (χ1) is 20.6. The van der Waals surface area contributed by atoms with E-state index in [0.717, 1.165) is 47.5 Å². The molecule has 0 saturated heterocycles. The Morgan fingerprint density at radius 1 is 1.05 bits per heavy atom. The summed E-state index contributed by atoms with van der Waals surface area (Å²) in [7, 11) is 1.35. The minimum Gasteiger partial charge on any atom is -0.467 e. The molecule has 238 valence electrons. The summed E-state index contributed by atoms with van der Waals surface area (Å²) in [5.74, 6) is 0.707. The summed E-state index contributed by atoms with van der Waals surface area (Å²) in [5.41, 5.74) is 4.66. The number of esters is 1. The van der Waals surface area contributed by atoms with Gasteiger partial charge in [0.2, 0.25) is 0 Å². The van der Waals surface area contributed by atoms with Crippen molar-refractivity contribution in [2.75, 3.05) is 32.3 Å². The molecule has 2 atom stereocenters. The van der Waals surface area contributed by atoms with Gasteiger partial charge in [-0.3, -0.25) is 4.79 Å². The highest BCUT2D eigenvalue weighted by atomic mass is 32.2. The summed E-state index contributed by atoms with van der Waals surface area (Å²) in [5, 5.41) is 2.93. The Hall–Kier alpha value is -2.35. The van der Waals surface area contributed by atoms with E-state index < -0.39 is 12.0 Å². The van der Waals surface area contributed by atoms with Crippen LogP contribution in [0.25, 0.3) is 11.1 Å². The molecule has 6 nitrogen and oxygen atoms in total. The van der Waals surface area contributed by atoms with Crippen molar-refractivity contribution in [1.29, 1.82) is 0 Å². The van der Waals surface area contributed by atoms with Gasteiger partial charge in [0.1, 0.15) is 6.04 Å². The Balaban J connectivity index is 1.80. The summed E-state index contributed by atoms with van der Waals surface area (Å²) in [6.45, 7) is 10.5. The smallest absolute Gasteiger partial charge is 0.328 e. The summed E-state index contributed by atoms with van der Waals surface area (Å²) in [6, 6.07) is 13.2. The molecule has 0 radical (unpaired) electrons. The van der Waals surface area contributed by atoms with E-state index in [1.54, 1.807) is 11.8 Å². The molecule has 2 aromatic rings. The number of carbonyl (C=O) groups excluding carboxylic acids is 2. The van der Waals surface area contributed by atoms with Crippen LogP contribution in [0.5, 0.6) is 0 Å². The Morgan fingerprint density at radius 3 is 2.47 bits per heavy atom. The quantitative estimate of drug-likeness (QED) is 0.153. The number of ether oxygens (including phenoxy) is 3. The van der Waals surface area contributed by atoms with Crippen LogP contribution in [-0.2, 0) is 25.6 Å². The van der Waals surface area contributed by atoms with Crippen LogP contribution in [0.3, 0.4) is 0 Å². The first-order valence-electron chi connectivity index (χ1n) is 15.9. The van der Waals surface area contributed by atoms with Crippen LogP contribution >= 0.6 is 11.8 Å². The third kappa shape index (κ3) is 11.9. The lowest BCUT2D eigenvalue weighted by Gasteiger charge is -2.27. The van der Waals surface area contributed by atoms with Crippen LogP contribution in [-0.4, -0.2) is 56.4 Å².